The second-order valence-corrected chi connectivity index (χ2v) is 4.76. The van der Waals surface area contributed by atoms with Gasteiger partial charge >= 0.3 is 0 Å². The molecule has 1 atom stereocenters. The van der Waals surface area contributed by atoms with Crippen LogP contribution in [0.4, 0.5) is 4.39 Å². The predicted molar refractivity (Wildman–Crippen MR) is 70.5 cm³/mol. The SMILES string of the molecule is CC(N)(CCc1ccccc1)c1ccc(F)cn1. The summed E-state index contributed by atoms with van der Waals surface area (Å²) in [5.74, 6) is -0.336. The van der Waals surface area contributed by atoms with Crippen LogP contribution in [0.25, 0.3) is 0 Å². The molecule has 0 aliphatic heterocycles. The number of aryl methyl sites for hydroxylation is 1. The van der Waals surface area contributed by atoms with Gasteiger partial charge in [-0.05, 0) is 37.5 Å². The first-order valence-corrected chi connectivity index (χ1v) is 6.03. The molecule has 1 aromatic heterocycles. The summed E-state index contributed by atoms with van der Waals surface area (Å²) in [5.41, 5.74) is 7.68. The molecule has 0 fully saturated rings. The summed E-state index contributed by atoms with van der Waals surface area (Å²) in [5, 5.41) is 0. The minimum Gasteiger partial charge on any atom is -0.320 e. The molecule has 0 saturated heterocycles. The van der Waals surface area contributed by atoms with Crippen LogP contribution in [0.1, 0.15) is 24.6 Å². The third kappa shape index (κ3) is 3.14. The maximum atomic E-state index is 12.8. The van der Waals surface area contributed by atoms with Crippen LogP contribution in [0.2, 0.25) is 0 Å². The number of halogens is 1. The molecule has 1 aromatic carbocycles. The molecule has 1 heterocycles. The van der Waals surface area contributed by atoms with E-state index in [4.69, 9.17) is 5.73 Å². The quantitative estimate of drug-likeness (QED) is 0.897. The molecule has 2 N–H and O–H groups in total. The number of hydrogen-bond donors (Lipinski definition) is 1. The minimum atomic E-state index is -0.538. The van der Waals surface area contributed by atoms with Crippen LogP contribution in [0.3, 0.4) is 0 Å². The topological polar surface area (TPSA) is 38.9 Å². The molecule has 0 bridgehead atoms. The number of nitrogens with two attached hydrogens (primary N) is 1. The van der Waals surface area contributed by atoms with Gasteiger partial charge in [0.2, 0.25) is 0 Å². The van der Waals surface area contributed by atoms with Crippen LogP contribution >= 0.6 is 0 Å². The lowest BCUT2D eigenvalue weighted by Gasteiger charge is -2.24. The van der Waals surface area contributed by atoms with Crippen molar-refractivity contribution in [1.29, 1.82) is 0 Å². The highest BCUT2D eigenvalue weighted by Crippen LogP contribution is 2.21. The highest BCUT2D eigenvalue weighted by Gasteiger charge is 2.22. The van der Waals surface area contributed by atoms with Crippen molar-refractivity contribution in [3.05, 3.63) is 65.7 Å². The molecular formula is C15H17FN2. The Bertz CT molecular complexity index is 492. The van der Waals surface area contributed by atoms with E-state index in [1.54, 1.807) is 6.07 Å². The van der Waals surface area contributed by atoms with Gasteiger partial charge in [-0.3, -0.25) is 4.98 Å². The van der Waals surface area contributed by atoms with E-state index in [9.17, 15) is 4.39 Å². The molecule has 1 unspecified atom stereocenters. The van der Waals surface area contributed by atoms with Gasteiger partial charge in [-0.15, -0.1) is 0 Å². The summed E-state index contributed by atoms with van der Waals surface area (Å²) in [6, 6.07) is 13.2. The van der Waals surface area contributed by atoms with Crippen molar-refractivity contribution in [1.82, 2.24) is 4.98 Å². The first-order chi connectivity index (χ1) is 8.58. The standard InChI is InChI=1S/C15H17FN2/c1-15(17,14-8-7-13(16)11-18-14)10-9-12-5-3-2-4-6-12/h2-8,11H,9-10,17H2,1H3. The Labute approximate surface area is 107 Å². The fourth-order valence-electron chi connectivity index (χ4n) is 1.89. The smallest absolute Gasteiger partial charge is 0.141 e. The van der Waals surface area contributed by atoms with E-state index in [0.717, 1.165) is 18.5 Å². The van der Waals surface area contributed by atoms with Crippen LogP contribution in [0.5, 0.6) is 0 Å². The summed E-state index contributed by atoms with van der Waals surface area (Å²) in [7, 11) is 0. The molecule has 2 aromatic rings. The summed E-state index contributed by atoms with van der Waals surface area (Å²) in [6.07, 6.45) is 2.87. The number of benzene rings is 1. The first kappa shape index (κ1) is 12.7. The summed E-state index contributed by atoms with van der Waals surface area (Å²) in [4.78, 5) is 4.06. The monoisotopic (exact) mass is 244 g/mol. The van der Waals surface area contributed by atoms with Gasteiger partial charge in [0.05, 0.1) is 17.4 Å². The second kappa shape index (κ2) is 5.27. The van der Waals surface area contributed by atoms with Gasteiger partial charge in [-0.25, -0.2) is 4.39 Å². The van der Waals surface area contributed by atoms with Crippen LogP contribution in [0.15, 0.2) is 48.7 Å². The number of pyridine rings is 1. The highest BCUT2D eigenvalue weighted by molar-refractivity contribution is 5.18. The van der Waals surface area contributed by atoms with Crippen LogP contribution in [-0.2, 0) is 12.0 Å². The van der Waals surface area contributed by atoms with E-state index in [0.29, 0.717) is 0 Å². The van der Waals surface area contributed by atoms with Crippen molar-refractivity contribution >= 4 is 0 Å². The van der Waals surface area contributed by atoms with Crippen molar-refractivity contribution in [2.24, 2.45) is 5.73 Å². The maximum absolute atomic E-state index is 12.8. The average Bonchev–Trinajstić information content (AvgIpc) is 2.38. The van der Waals surface area contributed by atoms with Gasteiger partial charge in [0.1, 0.15) is 5.82 Å². The van der Waals surface area contributed by atoms with Gasteiger partial charge in [0, 0.05) is 0 Å². The molecule has 0 aliphatic carbocycles. The largest absolute Gasteiger partial charge is 0.320 e. The van der Waals surface area contributed by atoms with Gasteiger partial charge in [0.15, 0.2) is 0 Å². The Morgan fingerprint density at radius 3 is 2.50 bits per heavy atom. The molecule has 0 amide bonds. The van der Waals surface area contributed by atoms with Gasteiger partial charge in [0.25, 0.3) is 0 Å². The van der Waals surface area contributed by atoms with Gasteiger partial charge in [-0.1, -0.05) is 30.3 Å². The lowest BCUT2D eigenvalue weighted by atomic mass is 9.90. The number of rotatable bonds is 4. The maximum Gasteiger partial charge on any atom is 0.141 e. The van der Waals surface area contributed by atoms with Crippen molar-refractivity contribution in [2.75, 3.05) is 0 Å². The zero-order valence-corrected chi connectivity index (χ0v) is 10.4. The first-order valence-electron chi connectivity index (χ1n) is 6.03. The van der Waals surface area contributed by atoms with Crippen LogP contribution < -0.4 is 5.73 Å². The van der Waals surface area contributed by atoms with Crippen molar-refractivity contribution in [3.8, 4) is 0 Å². The van der Waals surface area contributed by atoms with E-state index >= 15 is 0 Å². The lowest BCUT2D eigenvalue weighted by Crippen LogP contribution is -2.34. The third-order valence-corrected chi connectivity index (χ3v) is 3.09. The van der Waals surface area contributed by atoms with Crippen LogP contribution in [0, 0.1) is 5.82 Å². The van der Waals surface area contributed by atoms with Crippen molar-refractivity contribution < 1.29 is 4.39 Å². The van der Waals surface area contributed by atoms with Crippen LogP contribution in [-0.4, -0.2) is 4.98 Å². The highest BCUT2D eigenvalue weighted by atomic mass is 19.1. The Balaban J connectivity index is 2.05. The minimum absolute atomic E-state index is 0.336. The Hall–Kier alpha value is -1.74. The molecule has 2 nitrogen and oxygen atoms in total. The Morgan fingerprint density at radius 2 is 1.89 bits per heavy atom. The second-order valence-electron chi connectivity index (χ2n) is 4.76. The Morgan fingerprint density at radius 1 is 1.17 bits per heavy atom. The molecule has 2 rings (SSSR count). The fourth-order valence-corrected chi connectivity index (χ4v) is 1.89. The van der Waals surface area contributed by atoms with Gasteiger partial charge in [-0.2, -0.15) is 0 Å². The predicted octanol–water partition coefficient (Wildman–Crippen LogP) is 3.03. The normalized spacial score (nSPS) is 14.2. The number of hydrogen-bond acceptors (Lipinski definition) is 2. The molecule has 18 heavy (non-hydrogen) atoms. The van der Waals surface area contributed by atoms with E-state index in [1.165, 1.54) is 17.8 Å². The number of nitrogens with zero attached hydrogens (tertiary/aromatic N) is 1. The molecule has 0 radical (unpaired) electrons. The molecular weight excluding hydrogens is 227 g/mol. The Kier molecular flexibility index (Phi) is 3.72. The van der Waals surface area contributed by atoms with Gasteiger partial charge < -0.3 is 5.73 Å². The zero-order chi connectivity index (χ0) is 13.0. The van der Waals surface area contributed by atoms with E-state index < -0.39 is 5.54 Å². The number of aromatic nitrogens is 1. The third-order valence-electron chi connectivity index (χ3n) is 3.09. The lowest BCUT2D eigenvalue weighted by molar-refractivity contribution is 0.437. The summed E-state index contributed by atoms with van der Waals surface area (Å²) < 4.78 is 12.8. The van der Waals surface area contributed by atoms with E-state index in [2.05, 4.69) is 17.1 Å². The molecule has 0 saturated carbocycles. The summed E-state index contributed by atoms with van der Waals surface area (Å²) >= 11 is 0. The van der Waals surface area contributed by atoms with E-state index in [1.807, 2.05) is 25.1 Å². The molecule has 0 aliphatic rings. The summed E-state index contributed by atoms with van der Waals surface area (Å²) in [6.45, 7) is 1.93. The van der Waals surface area contributed by atoms with E-state index in [-0.39, 0.29) is 5.82 Å². The zero-order valence-electron chi connectivity index (χ0n) is 10.4. The molecule has 3 heteroatoms. The fraction of sp³-hybridized carbons (Fsp3) is 0.267. The average molecular weight is 244 g/mol. The van der Waals surface area contributed by atoms with Crippen molar-refractivity contribution in [3.63, 3.8) is 0 Å². The molecule has 94 valence electrons. The van der Waals surface area contributed by atoms with Crippen molar-refractivity contribution in [2.45, 2.75) is 25.3 Å². The molecule has 0 spiro atoms.